The fourth-order valence-electron chi connectivity index (χ4n) is 2.59. The van der Waals surface area contributed by atoms with Crippen molar-refractivity contribution in [3.63, 3.8) is 0 Å². The number of nitrogens with zero attached hydrogens (tertiary/aromatic N) is 3. The minimum Gasteiger partial charge on any atom is -0.382 e. The molecule has 6 heteroatoms. The minimum absolute atomic E-state index is 0.0577. The Morgan fingerprint density at radius 3 is 2.90 bits per heavy atom. The van der Waals surface area contributed by atoms with Crippen molar-refractivity contribution < 1.29 is 4.79 Å². The van der Waals surface area contributed by atoms with E-state index in [9.17, 15) is 4.79 Å². The summed E-state index contributed by atoms with van der Waals surface area (Å²) in [6.45, 7) is 5.88. The second-order valence-corrected chi connectivity index (χ2v) is 6.26. The second kappa shape index (κ2) is 6.43. The van der Waals surface area contributed by atoms with E-state index >= 15 is 0 Å². The molecule has 1 aliphatic heterocycles. The number of carbonyl (C=O) groups is 1. The molecule has 1 atom stereocenters. The summed E-state index contributed by atoms with van der Waals surface area (Å²) < 4.78 is 0. The molecule has 0 aliphatic carbocycles. The molecule has 0 radical (unpaired) electrons. The topological polar surface area (TPSA) is 62.5 Å². The third-order valence-corrected chi connectivity index (χ3v) is 5.17. The monoisotopic (exact) mass is 296 g/mol. The van der Waals surface area contributed by atoms with E-state index in [2.05, 4.69) is 18.8 Å². The molecule has 0 saturated carbocycles. The van der Waals surface area contributed by atoms with Crippen LogP contribution >= 0.6 is 11.3 Å². The highest BCUT2D eigenvalue weighted by Crippen LogP contribution is 2.31. The maximum Gasteiger partial charge on any atom is 0.268 e. The molecule has 0 bridgehead atoms. The highest BCUT2D eigenvalue weighted by atomic mass is 32.1. The second-order valence-electron chi connectivity index (χ2n) is 5.28. The molecule has 1 aromatic rings. The number of rotatable bonds is 4. The molecule has 0 aromatic carbocycles. The Balaban J connectivity index is 2.21. The van der Waals surface area contributed by atoms with Crippen molar-refractivity contribution in [2.45, 2.75) is 45.6 Å². The van der Waals surface area contributed by atoms with Crippen molar-refractivity contribution in [1.82, 2.24) is 9.88 Å². The Morgan fingerprint density at radius 1 is 1.50 bits per heavy atom. The molecule has 1 saturated heterocycles. The first-order valence-electron chi connectivity index (χ1n) is 7.36. The number of hydrogen-bond acceptors (Lipinski definition) is 5. The molecular weight excluding hydrogens is 272 g/mol. The van der Waals surface area contributed by atoms with Gasteiger partial charge < -0.3 is 15.5 Å². The largest absolute Gasteiger partial charge is 0.382 e. The lowest BCUT2D eigenvalue weighted by Crippen LogP contribution is -2.43. The molecule has 2 rings (SSSR count). The van der Waals surface area contributed by atoms with Crippen LogP contribution in [0.4, 0.5) is 10.9 Å². The van der Waals surface area contributed by atoms with Gasteiger partial charge in [0.15, 0.2) is 5.13 Å². The number of amides is 1. The van der Waals surface area contributed by atoms with E-state index in [-0.39, 0.29) is 5.91 Å². The fourth-order valence-corrected chi connectivity index (χ4v) is 3.56. The number of anilines is 2. The van der Waals surface area contributed by atoms with E-state index in [1.54, 1.807) is 0 Å². The number of thiazole rings is 1. The maximum atomic E-state index is 12.7. The summed E-state index contributed by atoms with van der Waals surface area (Å²) in [6.07, 6.45) is 4.40. The van der Waals surface area contributed by atoms with Crippen LogP contribution in [0, 0.1) is 0 Å². The van der Waals surface area contributed by atoms with Crippen LogP contribution in [0.3, 0.4) is 0 Å². The average Bonchev–Trinajstić information content (AvgIpc) is 2.87. The van der Waals surface area contributed by atoms with Gasteiger partial charge in [0.25, 0.3) is 5.91 Å². The van der Waals surface area contributed by atoms with Gasteiger partial charge in [0.1, 0.15) is 10.7 Å². The number of likely N-dealkylation sites (tertiary alicyclic amines) is 1. The SMILES string of the molecule is CCC1CCCCN1C(=O)c1sc(N(C)CC)nc1N. The summed E-state index contributed by atoms with van der Waals surface area (Å²) in [7, 11) is 1.96. The molecule has 1 aromatic heterocycles. The lowest BCUT2D eigenvalue weighted by Gasteiger charge is -2.35. The molecule has 2 heterocycles. The average molecular weight is 296 g/mol. The molecule has 5 nitrogen and oxygen atoms in total. The third kappa shape index (κ3) is 2.90. The molecule has 2 N–H and O–H groups in total. The molecule has 112 valence electrons. The highest BCUT2D eigenvalue weighted by Gasteiger charge is 2.29. The van der Waals surface area contributed by atoms with Crippen molar-refractivity contribution in [3.8, 4) is 0 Å². The number of piperidine rings is 1. The molecule has 1 fully saturated rings. The number of hydrogen-bond donors (Lipinski definition) is 1. The highest BCUT2D eigenvalue weighted by molar-refractivity contribution is 7.18. The summed E-state index contributed by atoms with van der Waals surface area (Å²) >= 11 is 1.41. The molecule has 0 spiro atoms. The van der Waals surface area contributed by atoms with Crippen molar-refractivity contribution in [1.29, 1.82) is 0 Å². The van der Waals surface area contributed by atoms with E-state index in [0.29, 0.717) is 16.7 Å². The fraction of sp³-hybridized carbons (Fsp3) is 0.714. The Labute approximate surface area is 124 Å². The molecule has 20 heavy (non-hydrogen) atoms. The lowest BCUT2D eigenvalue weighted by atomic mass is 10.00. The summed E-state index contributed by atoms with van der Waals surface area (Å²) in [5.41, 5.74) is 5.95. The molecule has 1 unspecified atom stereocenters. The normalized spacial score (nSPS) is 19.1. The standard InChI is InChI=1S/C14H24N4OS/c1-4-10-8-6-7-9-18(10)13(19)11-12(15)16-14(20-11)17(3)5-2/h10H,4-9,15H2,1-3H3. The van der Waals surface area contributed by atoms with Crippen molar-refractivity contribution >= 4 is 28.2 Å². The summed E-state index contributed by atoms with van der Waals surface area (Å²) in [5, 5.41) is 0.818. The van der Waals surface area contributed by atoms with Crippen molar-refractivity contribution in [3.05, 3.63) is 4.88 Å². The Bertz CT molecular complexity index is 474. The van der Waals surface area contributed by atoms with Gasteiger partial charge in [0.05, 0.1) is 0 Å². The number of aromatic nitrogens is 1. The zero-order valence-corrected chi connectivity index (χ0v) is 13.4. The van der Waals surface area contributed by atoms with Gasteiger partial charge in [0, 0.05) is 26.2 Å². The van der Waals surface area contributed by atoms with Gasteiger partial charge in [-0.25, -0.2) is 4.98 Å². The van der Waals surface area contributed by atoms with Gasteiger partial charge in [-0.15, -0.1) is 0 Å². The molecule has 1 amide bonds. The van der Waals surface area contributed by atoms with Gasteiger partial charge in [-0.3, -0.25) is 4.79 Å². The molecule has 1 aliphatic rings. The van der Waals surface area contributed by atoms with Gasteiger partial charge >= 0.3 is 0 Å². The zero-order chi connectivity index (χ0) is 14.7. The minimum atomic E-state index is 0.0577. The zero-order valence-electron chi connectivity index (χ0n) is 12.6. The van der Waals surface area contributed by atoms with Crippen LogP contribution in [-0.2, 0) is 0 Å². The van der Waals surface area contributed by atoms with Crippen LogP contribution in [0.25, 0.3) is 0 Å². The van der Waals surface area contributed by atoms with Crippen LogP contribution in [-0.4, -0.2) is 42.0 Å². The Morgan fingerprint density at radius 2 is 2.25 bits per heavy atom. The Kier molecular flexibility index (Phi) is 4.86. The van der Waals surface area contributed by atoms with Crippen LogP contribution < -0.4 is 10.6 Å². The van der Waals surface area contributed by atoms with Crippen LogP contribution in [0.1, 0.15) is 49.2 Å². The van der Waals surface area contributed by atoms with E-state index in [0.717, 1.165) is 37.5 Å². The summed E-state index contributed by atoms with van der Waals surface area (Å²) in [5.74, 6) is 0.429. The predicted molar refractivity (Wildman–Crippen MR) is 84.4 cm³/mol. The van der Waals surface area contributed by atoms with Crippen molar-refractivity contribution in [2.24, 2.45) is 0 Å². The van der Waals surface area contributed by atoms with Gasteiger partial charge in [-0.05, 0) is 32.6 Å². The van der Waals surface area contributed by atoms with Crippen LogP contribution in [0.5, 0.6) is 0 Å². The molecular formula is C14H24N4OS. The van der Waals surface area contributed by atoms with Gasteiger partial charge in [-0.2, -0.15) is 0 Å². The lowest BCUT2D eigenvalue weighted by molar-refractivity contribution is 0.0614. The van der Waals surface area contributed by atoms with E-state index in [4.69, 9.17) is 5.73 Å². The number of nitrogen functional groups attached to an aromatic ring is 1. The van der Waals surface area contributed by atoms with Gasteiger partial charge in [0.2, 0.25) is 0 Å². The van der Waals surface area contributed by atoms with Crippen molar-refractivity contribution in [2.75, 3.05) is 30.8 Å². The smallest absolute Gasteiger partial charge is 0.268 e. The van der Waals surface area contributed by atoms with Crippen LogP contribution in [0.2, 0.25) is 0 Å². The number of carbonyl (C=O) groups excluding carboxylic acids is 1. The van der Waals surface area contributed by atoms with E-state index < -0.39 is 0 Å². The predicted octanol–water partition coefficient (Wildman–Crippen LogP) is 2.59. The first-order chi connectivity index (χ1) is 9.58. The van der Waals surface area contributed by atoms with E-state index in [1.165, 1.54) is 17.8 Å². The first kappa shape index (κ1) is 15.1. The third-order valence-electron chi connectivity index (χ3n) is 4.00. The first-order valence-corrected chi connectivity index (χ1v) is 8.18. The van der Waals surface area contributed by atoms with E-state index in [1.807, 2.05) is 16.8 Å². The summed E-state index contributed by atoms with van der Waals surface area (Å²) in [4.78, 5) is 21.6. The van der Waals surface area contributed by atoms with Crippen LogP contribution in [0.15, 0.2) is 0 Å². The quantitative estimate of drug-likeness (QED) is 0.927. The Hall–Kier alpha value is -1.30. The summed E-state index contributed by atoms with van der Waals surface area (Å²) in [6, 6.07) is 0.352. The number of nitrogens with two attached hydrogens (primary N) is 1. The maximum absolute atomic E-state index is 12.7. The van der Waals surface area contributed by atoms with Gasteiger partial charge in [-0.1, -0.05) is 18.3 Å².